The third-order valence-electron chi connectivity index (χ3n) is 6.61. The van der Waals surface area contributed by atoms with Crippen LogP contribution < -0.4 is 10.9 Å². The Bertz CT molecular complexity index is 1400. The Hall–Kier alpha value is -3.67. The van der Waals surface area contributed by atoms with Crippen LogP contribution in [0.2, 0.25) is 0 Å². The second-order valence-electron chi connectivity index (χ2n) is 10.3. The molecular formula is C25H32N6O5S. The molecule has 3 aromatic rings. The fourth-order valence-corrected chi connectivity index (χ4v) is 6.08. The molecule has 1 saturated carbocycles. The molecule has 37 heavy (non-hydrogen) atoms. The Balaban J connectivity index is 1.39. The SMILES string of the molecule is Cc1ccc(S(=O)(=O)n2ccc3nc(NNC(=O)[C@H]4CC[C@@H](N(C(=O)O)C(C)(C)C)CC4)cnc32)cc1. The second kappa shape index (κ2) is 10.0. The van der Waals surface area contributed by atoms with Crippen LogP contribution in [0.15, 0.2) is 47.6 Å². The van der Waals surface area contributed by atoms with Gasteiger partial charge in [0.15, 0.2) is 11.5 Å². The van der Waals surface area contributed by atoms with Crippen molar-refractivity contribution in [2.24, 2.45) is 5.92 Å². The number of hydrogen-bond acceptors (Lipinski definition) is 7. The minimum atomic E-state index is -3.83. The molecule has 0 unspecified atom stereocenters. The maximum atomic E-state index is 13.0. The summed E-state index contributed by atoms with van der Waals surface area (Å²) in [7, 11) is -3.83. The fraction of sp³-hybridized carbons (Fsp3) is 0.440. The normalized spacial score (nSPS) is 18.4. The van der Waals surface area contributed by atoms with Gasteiger partial charge >= 0.3 is 6.09 Å². The van der Waals surface area contributed by atoms with Gasteiger partial charge in [-0.15, -0.1) is 0 Å². The van der Waals surface area contributed by atoms with Gasteiger partial charge in [-0.2, -0.15) is 0 Å². The van der Waals surface area contributed by atoms with Gasteiger partial charge in [-0.25, -0.2) is 27.2 Å². The van der Waals surface area contributed by atoms with E-state index in [0.29, 0.717) is 31.2 Å². The van der Waals surface area contributed by atoms with Gasteiger partial charge in [-0.1, -0.05) is 17.7 Å². The number of aryl methyl sites for hydroxylation is 1. The van der Waals surface area contributed by atoms with E-state index >= 15 is 0 Å². The standard InChI is InChI=1S/C25H32N6O5S/c1-16-5-11-19(12-6-16)37(35,36)30-14-13-20-22(30)26-15-21(27-20)28-29-23(32)17-7-9-18(10-8-17)31(24(33)34)25(2,3)4/h5-6,11-15,17-18H,7-10H2,1-4H3,(H,27,28)(H,29,32)(H,33,34)/t17-,18+. The number of nitrogens with zero attached hydrogens (tertiary/aromatic N) is 4. The average Bonchev–Trinajstić information content (AvgIpc) is 3.26. The first-order valence-corrected chi connectivity index (χ1v) is 13.6. The molecule has 1 aliphatic rings. The summed E-state index contributed by atoms with van der Waals surface area (Å²) in [5.74, 6) is -0.195. The maximum absolute atomic E-state index is 13.0. The molecule has 11 nitrogen and oxygen atoms in total. The highest BCUT2D eigenvalue weighted by atomic mass is 32.2. The maximum Gasteiger partial charge on any atom is 0.407 e. The highest BCUT2D eigenvalue weighted by Crippen LogP contribution is 2.31. The van der Waals surface area contributed by atoms with E-state index in [2.05, 4.69) is 20.8 Å². The van der Waals surface area contributed by atoms with Crippen molar-refractivity contribution in [1.82, 2.24) is 24.3 Å². The molecule has 2 aromatic heterocycles. The molecule has 0 atom stereocenters. The number of aromatic nitrogens is 3. The van der Waals surface area contributed by atoms with Gasteiger partial charge in [0.25, 0.3) is 10.0 Å². The zero-order valence-corrected chi connectivity index (χ0v) is 22.1. The van der Waals surface area contributed by atoms with Crippen molar-refractivity contribution in [1.29, 1.82) is 0 Å². The molecule has 12 heteroatoms. The zero-order valence-electron chi connectivity index (χ0n) is 21.3. The summed E-state index contributed by atoms with van der Waals surface area (Å²) < 4.78 is 27.2. The predicted molar refractivity (Wildman–Crippen MR) is 138 cm³/mol. The number of hydrazine groups is 1. The fourth-order valence-electron chi connectivity index (χ4n) is 4.78. The molecular weight excluding hydrogens is 496 g/mol. The quantitative estimate of drug-likeness (QED) is 0.410. The number of carboxylic acid groups (broad SMARTS) is 1. The summed E-state index contributed by atoms with van der Waals surface area (Å²) in [4.78, 5) is 34.7. The number of amides is 2. The highest BCUT2D eigenvalue weighted by Gasteiger charge is 2.37. The van der Waals surface area contributed by atoms with Crippen LogP contribution in [0.25, 0.3) is 11.2 Å². The molecule has 0 bridgehead atoms. The van der Waals surface area contributed by atoms with Crippen LogP contribution in [0.3, 0.4) is 0 Å². The lowest BCUT2D eigenvalue weighted by Crippen LogP contribution is -2.52. The van der Waals surface area contributed by atoms with Gasteiger partial charge in [-0.3, -0.25) is 15.6 Å². The summed E-state index contributed by atoms with van der Waals surface area (Å²) in [5, 5.41) is 9.62. The number of nitrogens with one attached hydrogen (secondary N) is 2. The van der Waals surface area contributed by atoms with Gasteiger partial charge in [-0.05, 0) is 71.6 Å². The Morgan fingerprint density at radius 2 is 1.73 bits per heavy atom. The molecule has 1 fully saturated rings. The van der Waals surface area contributed by atoms with E-state index < -0.39 is 21.7 Å². The minimum Gasteiger partial charge on any atom is -0.465 e. The Labute approximate surface area is 215 Å². The Morgan fingerprint density at radius 1 is 1.08 bits per heavy atom. The van der Waals surface area contributed by atoms with E-state index in [9.17, 15) is 23.1 Å². The van der Waals surface area contributed by atoms with Crippen LogP contribution in [0.5, 0.6) is 0 Å². The van der Waals surface area contributed by atoms with Crippen molar-refractivity contribution < 1.29 is 23.1 Å². The third-order valence-corrected chi connectivity index (χ3v) is 8.29. The molecule has 2 amide bonds. The molecule has 0 saturated heterocycles. The van der Waals surface area contributed by atoms with Gasteiger partial charge < -0.3 is 10.0 Å². The summed E-state index contributed by atoms with van der Waals surface area (Å²) in [6, 6.07) is 7.98. The number of anilines is 1. The molecule has 198 valence electrons. The monoisotopic (exact) mass is 528 g/mol. The van der Waals surface area contributed by atoms with Crippen LogP contribution in [0.1, 0.15) is 52.0 Å². The number of carbonyl (C=O) groups excluding carboxylic acids is 1. The Morgan fingerprint density at radius 3 is 2.32 bits per heavy atom. The summed E-state index contributed by atoms with van der Waals surface area (Å²) in [5.41, 5.74) is 6.39. The van der Waals surface area contributed by atoms with Crippen LogP contribution in [-0.2, 0) is 14.8 Å². The molecule has 1 aliphatic carbocycles. The molecule has 0 spiro atoms. The van der Waals surface area contributed by atoms with Gasteiger partial charge in [0.05, 0.1) is 11.1 Å². The zero-order chi connectivity index (χ0) is 27.0. The number of hydrogen-bond donors (Lipinski definition) is 3. The molecule has 0 radical (unpaired) electrons. The molecule has 0 aliphatic heterocycles. The molecule has 1 aromatic carbocycles. The lowest BCUT2D eigenvalue weighted by Gasteiger charge is -2.42. The van der Waals surface area contributed by atoms with Crippen LogP contribution >= 0.6 is 0 Å². The predicted octanol–water partition coefficient (Wildman–Crippen LogP) is 3.76. The second-order valence-corrected chi connectivity index (χ2v) is 12.2. The minimum absolute atomic E-state index is 0.122. The third kappa shape index (κ3) is 5.53. The average molecular weight is 529 g/mol. The van der Waals surface area contributed by atoms with Crippen LogP contribution in [0, 0.1) is 12.8 Å². The van der Waals surface area contributed by atoms with E-state index in [1.165, 1.54) is 17.3 Å². The summed E-state index contributed by atoms with van der Waals surface area (Å²) in [6.45, 7) is 7.49. The van der Waals surface area contributed by atoms with Crippen molar-refractivity contribution in [3.63, 3.8) is 0 Å². The largest absolute Gasteiger partial charge is 0.465 e. The van der Waals surface area contributed by atoms with Gasteiger partial charge in [0.2, 0.25) is 5.91 Å². The van der Waals surface area contributed by atoms with E-state index in [0.717, 1.165) is 9.54 Å². The van der Waals surface area contributed by atoms with E-state index in [4.69, 9.17) is 0 Å². The Kier molecular flexibility index (Phi) is 7.13. The van der Waals surface area contributed by atoms with Crippen molar-refractivity contribution in [3.05, 3.63) is 48.3 Å². The van der Waals surface area contributed by atoms with E-state index in [1.807, 2.05) is 27.7 Å². The topological polar surface area (TPSA) is 147 Å². The van der Waals surface area contributed by atoms with Gasteiger partial charge in [0.1, 0.15) is 5.52 Å². The van der Waals surface area contributed by atoms with Crippen molar-refractivity contribution in [3.8, 4) is 0 Å². The van der Waals surface area contributed by atoms with Crippen LogP contribution in [-0.4, -0.2) is 55.9 Å². The summed E-state index contributed by atoms with van der Waals surface area (Å²) >= 11 is 0. The van der Waals surface area contributed by atoms with E-state index in [-0.39, 0.29) is 34.2 Å². The number of fused-ring (bicyclic) bond motifs is 1. The van der Waals surface area contributed by atoms with Gasteiger partial charge in [0, 0.05) is 23.7 Å². The van der Waals surface area contributed by atoms with Crippen LogP contribution in [0.4, 0.5) is 10.6 Å². The lowest BCUT2D eigenvalue weighted by molar-refractivity contribution is -0.125. The molecule has 2 heterocycles. The first-order valence-electron chi connectivity index (χ1n) is 12.1. The number of carbonyl (C=O) groups is 2. The number of rotatable bonds is 6. The molecule has 3 N–H and O–H groups in total. The molecule has 4 rings (SSSR count). The summed E-state index contributed by atoms with van der Waals surface area (Å²) in [6.07, 6.45) is 4.17. The van der Waals surface area contributed by atoms with Crippen molar-refractivity contribution in [2.45, 2.75) is 69.9 Å². The lowest BCUT2D eigenvalue weighted by atomic mass is 9.83. The van der Waals surface area contributed by atoms with E-state index in [1.54, 1.807) is 30.3 Å². The first-order chi connectivity index (χ1) is 17.4. The number of benzene rings is 1. The first kappa shape index (κ1) is 26.4. The smallest absolute Gasteiger partial charge is 0.407 e. The highest BCUT2D eigenvalue weighted by molar-refractivity contribution is 7.90. The van der Waals surface area contributed by atoms with Crippen molar-refractivity contribution >= 4 is 39.0 Å². The van der Waals surface area contributed by atoms with Crippen molar-refractivity contribution in [2.75, 3.05) is 5.43 Å².